The van der Waals surface area contributed by atoms with E-state index in [9.17, 15) is 57.1 Å². The molecule has 0 aromatic carbocycles. The van der Waals surface area contributed by atoms with Gasteiger partial charge in [0.25, 0.3) is 23.0 Å². The molecular weight excluding hydrogens is 516 g/mol. The maximum absolute atomic E-state index is 13.9. The number of carbonyl (C=O) groups excluding carboxylic acids is 1. The first kappa shape index (κ1) is 27.3. The third kappa shape index (κ3) is 3.68. The highest BCUT2D eigenvalue weighted by atomic mass is 32.2. The van der Waals surface area contributed by atoms with Crippen LogP contribution in [0.2, 0.25) is 0 Å². The van der Waals surface area contributed by atoms with Crippen molar-refractivity contribution >= 4 is 16.0 Å². The second kappa shape index (κ2) is 8.10. The van der Waals surface area contributed by atoms with E-state index in [1.54, 1.807) is 0 Å². The fraction of sp³-hybridized carbons (Fsp3) is 0.944. The van der Waals surface area contributed by atoms with Crippen LogP contribution >= 0.6 is 0 Å². The molecule has 0 spiro atoms. The van der Waals surface area contributed by atoms with Crippen molar-refractivity contribution in [3.05, 3.63) is 0 Å². The Morgan fingerprint density at radius 3 is 1.47 bits per heavy atom. The predicted molar refractivity (Wildman–Crippen MR) is 94.4 cm³/mol. The Labute approximate surface area is 187 Å². The number of amides is 1. The van der Waals surface area contributed by atoms with Crippen molar-refractivity contribution in [2.45, 2.75) is 68.5 Å². The summed E-state index contributed by atoms with van der Waals surface area (Å²) in [6.45, 7) is -0.784. The molecule has 0 atom stereocenters. The quantitative estimate of drug-likeness (QED) is 0.368. The van der Waals surface area contributed by atoms with Gasteiger partial charge in [-0.2, -0.15) is 34.8 Å². The average Bonchev–Trinajstić information content (AvgIpc) is 2.58. The highest BCUT2D eigenvalue weighted by molar-refractivity contribution is 7.87. The summed E-state index contributed by atoms with van der Waals surface area (Å²) in [5, 5.41) is 1.39. The number of rotatable bonds is 7. The topological polar surface area (TPSA) is 83.5 Å². The molecule has 4 aliphatic carbocycles. The van der Waals surface area contributed by atoms with Crippen LogP contribution in [-0.2, 0) is 14.9 Å². The van der Waals surface area contributed by atoms with Crippen molar-refractivity contribution in [1.82, 2.24) is 5.32 Å². The summed E-state index contributed by atoms with van der Waals surface area (Å²) in [6, 6.07) is 0. The molecule has 0 radical (unpaired) electrons. The minimum Gasteiger partial charge on any atom is -0.355 e. The van der Waals surface area contributed by atoms with Gasteiger partial charge in [0.1, 0.15) is 0 Å². The summed E-state index contributed by atoms with van der Waals surface area (Å²) in [6.07, 6.45) is -22.5. The smallest absolute Gasteiger partial charge is 0.355 e. The van der Waals surface area contributed by atoms with Crippen LogP contribution in [0.3, 0.4) is 0 Å². The third-order valence-electron chi connectivity index (χ3n) is 7.62. The molecule has 5 nitrogen and oxygen atoms in total. The number of alkyl halides is 10. The van der Waals surface area contributed by atoms with E-state index in [1.807, 2.05) is 0 Å². The van der Waals surface area contributed by atoms with E-state index in [0.29, 0.717) is 19.3 Å². The molecule has 0 aliphatic heterocycles. The van der Waals surface area contributed by atoms with E-state index < -0.39 is 63.4 Å². The molecule has 4 rings (SSSR count). The van der Waals surface area contributed by atoms with Gasteiger partial charge in [-0.05, 0) is 61.7 Å². The fourth-order valence-electron chi connectivity index (χ4n) is 6.82. The predicted octanol–water partition coefficient (Wildman–Crippen LogP) is 4.59. The molecule has 0 aromatic rings. The Hall–Kier alpha value is -1.32. The standard InChI is InChI=1S/C18H21F10NO4S/c19-11(20)15(12(21)22,16(17(23,24)25,18(26,27)28)34(31,32)33)13(30)29-7-14-4-8-1-9(5-14)3-10(2-8)6-14/h8-12H,1-7H2,(H,29,30)(H,31,32,33). The normalized spacial score (nSPS) is 30.3. The first-order chi connectivity index (χ1) is 15.2. The molecule has 34 heavy (non-hydrogen) atoms. The number of carbonyl (C=O) groups is 1. The molecule has 0 unspecified atom stereocenters. The SMILES string of the molecule is O=C(NCC12CC3CC(CC(C3)C1)C2)C(C(F)F)(C(F)F)C(C(F)(F)F)(C(F)(F)F)S(=O)(=O)O. The zero-order valence-electron chi connectivity index (χ0n) is 17.2. The molecule has 198 valence electrons. The first-order valence-corrected chi connectivity index (χ1v) is 11.6. The van der Waals surface area contributed by atoms with Gasteiger partial charge in [0.05, 0.1) is 0 Å². The van der Waals surface area contributed by atoms with Crippen molar-refractivity contribution in [3.63, 3.8) is 0 Å². The van der Waals surface area contributed by atoms with E-state index in [1.165, 1.54) is 5.32 Å². The molecule has 16 heteroatoms. The van der Waals surface area contributed by atoms with Crippen molar-refractivity contribution in [2.24, 2.45) is 28.6 Å². The summed E-state index contributed by atoms with van der Waals surface area (Å²) >= 11 is 0. The molecule has 2 N–H and O–H groups in total. The third-order valence-corrected chi connectivity index (χ3v) is 9.20. The number of nitrogens with one attached hydrogen (secondary N) is 1. The van der Waals surface area contributed by atoms with Gasteiger partial charge in [-0.1, -0.05) is 0 Å². The van der Waals surface area contributed by atoms with Crippen molar-refractivity contribution < 1.29 is 61.7 Å². The first-order valence-electron chi connectivity index (χ1n) is 10.2. The van der Waals surface area contributed by atoms with Gasteiger partial charge in [-0.3, -0.25) is 9.35 Å². The zero-order chi connectivity index (χ0) is 26.1. The minimum absolute atomic E-state index is 0.125. The van der Waals surface area contributed by atoms with E-state index in [0.717, 1.165) is 19.3 Å². The molecule has 0 aromatic heterocycles. The lowest BCUT2D eigenvalue weighted by molar-refractivity contribution is -0.322. The van der Waals surface area contributed by atoms with Gasteiger partial charge in [0, 0.05) is 6.54 Å². The summed E-state index contributed by atoms with van der Waals surface area (Å²) in [4.78, 5) is 12.6. The van der Waals surface area contributed by atoms with Crippen molar-refractivity contribution in [3.8, 4) is 0 Å². The Balaban J connectivity index is 2.12. The lowest BCUT2D eigenvalue weighted by Crippen LogP contribution is -2.78. The summed E-state index contributed by atoms with van der Waals surface area (Å²) in [7, 11) is -7.87. The highest BCUT2D eigenvalue weighted by Crippen LogP contribution is 2.63. The van der Waals surface area contributed by atoms with Gasteiger partial charge in [0.2, 0.25) is 11.3 Å². The van der Waals surface area contributed by atoms with Gasteiger partial charge in [0.15, 0.2) is 0 Å². The average molecular weight is 537 g/mol. The van der Waals surface area contributed by atoms with Crippen LogP contribution in [0.4, 0.5) is 43.9 Å². The van der Waals surface area contributed by atoms with Crippen LogP contribution in [0.1, 0.15) is 38.5 Å². The number of hydrogen-bond acceptors (Lipinski definition) is 3. The lowest BCUT2D eigenvalue weighted by Gasteiger charge is -2.57. The zero-order valence-corrected chi connectivity index (χ0v) is 18.0. The second-order valence-electron chi connectivity index (χ2n) is 9.72. The summed E-state index contributed by atoms with van der Waals surface area (Å²) < 4.78 is 163. The van der Waals surface area contributed by atoms with Crippen LogP contribution in [0.5, 0.6) is 0 Å². The van der Waals surface area contributed by atoms with Crippen LogP contribution in [0.25, 0.3) is 0 Å². The molecule has 0 saturated heterocycles. The molecular formula is C18H21F10NO4S. The van der Waals surface area contributed by atoms with Crippen LogP contribution in [0.15, 0.2) is 0 Å². The van der Waals surface area contributed by atoms with Crippen LogP contribution in [0, 0.1) is 28.6 Å². The maximum atomic E-state index is 13.9. The van der Waals surface area contributed by atoms with Crippen molar-refractivity contribution in [1.29, 1.82) is 0 Å². The maximum Gasteiger partial charge on any atom is 0.421 e. The van der Waals surface area contributed by atoms with Gasteiger partial charge < -0.3 is 5.32 Å². The van der Waals surface area contributed by atoms with E-state index in [4.69, 9.17) is 4.55 Å². The van der Waals surface area contributed by atoms with E-state index >= 15 is 0 Å². The van der Waals surface area contributed by atoms with Gasteiger partial charge in [-0.15, -0.1) is 0 Å². The molecule has 4 saturated carbocycles. The molecule has 4 aliphatic rings. The van der Waals surface area contributed by atoms with Crippen molar-refractivity contribution in [2.75, 3.05) is 6.54 Å². The molecule has 4 fully saturated rings. The fourth-order valence-corrected chi connectivity index (χ4v) is 8.10. The lowest BCUT2D eigenvalue weighted by atomic mass is 9.49. The largest absolute Gasteiger partial charge is 0.421 e. The highest BCUT2D eigenvalue weighted by Gasteiger charge is 2.93. The number of hydrogen-bond donors (Lipinski definition) is 2. The second-order valence-corrected chi connectivity index (χ2v) is 11.3. The monoisotopic (exact) mass is 537 g/mol. The Morgan fingerprint density at radius 1 is 0.853 bits per heavy atom. The van der Waals surface area contributed by atoms with Crippen LogP contribution < -0.4 is 5.32 Å². The Kier molecular flexibility index (Phi) is 6.50. The summed E-state index contributed by atoms with van der Waals surface area (Å²) in [5.74, 6) is -2.78. The molecule has 4 bridgehead atoms. The van der Waals surface area contributed by atoms with Gasteiger partial charge >= 0.3 is 17.1 Å². The Morgan fingerprint density at radius 2 is 1.21 bits per heavy atom. The Bertz CT molecular complexity index is 857. The minimum atomic E-state index is -7.87. The molecule has 0 heterocycles. The van der Waals surface area contributed by atoms with E-state index in [-0.39, 0.29) is 17.8 Å². The van der Waals surface area contributed by atoms with E-state index in [2.05, 4.69) is 0 Å². The number of halogens is 10. The van der Waals surface area contributed by atoms with Crippen LogP contribution in [-0.4, -0.2) is 55.4 Å². The van der Waals surface area contributed by atoms with Gasteiger partial charge in [-0.25, -0.2) is 17.6 Å². The summed E-state index contributed by atoms with van der Waals surface area (Å²) in [5.41, 5.74) is -7.14. The molecule has 1 amide bonds.